The normalized spacial score (nSPS) is 18.5. The van der Waals surface area contributed by atoms with Gasteiger partial charge in [-0.3, -0.25) is 19.7 Å². The third kappa shape index (κ3) is 4.84. The van der Waals surface area contributed by atoms with Gasteiger partial charge >= 0.3 is 6.03 Å². The molecule has 9 nitrogen and oxygen atoms in total. The van der Waals surface area contributed by atoms with Gasteiger partial charge in [-0.25, -0.2) is 4.79 Å². The van der Waals surface area contributed by atoms with Crippen LogP contribution in [0.1, 0.15) is 40.4 Å². The molecule has 10 heteroatoms. The molecule has 0 saturated carbocycles. The van der Waals surface area contributed by atoms with Crippen molar-refractivity contribution >= 4 is 41.0 Å². The Bertz CT molecular complexity index is 1120. The van der Waals surface area contributed by atoms with Gasteiger partial charge in [0.05, 0.1) is 12.6 Å². The molecule has 0 spiro atoms. The summed E-state index contributed by atoms with van der Waals surface area (Å²) in [6.45, 7) is 0.459. The summed E-state index contributed by atoms with van der Waals surface area (Å²) in [6.07, 6.45) is 0.485. The summed E-state index contributed by atoms with van der Waals surface area (Å²) in [5.41, 5.74) is 2.40. The van der Waals surface area contributed by atoms with E-state index in [1.54, 1.807) is 30.3 Å². The summed E-state index contributed by atoms with van der Waals surface area (Å²) < 4.78 is 5.22. The predicted molar refractivity (Wildman–Crippen MR) is 121 cm³/mol. The molecule has 1 fully saturated rings. The van der Waals surface area contributed by atoms with Crippen LogP contribution in [0.5, 0.6) is 0 Å². The van der Waals surface area contributed by atoms with Crippen molar-refractivity contribution in [2.45, 2.75) is 31.5 Å². The first kappa shape index (κ1) is 22.8. The number of rotatable bonds is 6. The van der Waals surface area contributed by atoms with E-state index in [0.717, 1.165) is 5.56 Å². The first-order chi connectivity index (χ1) is 15.9. The zero-order valence-corrected chi connectivity index (χ0v) is 18.6. The maximum Gasteiger partial charge on any atom is 0.319 e. The Hall–Kier alpha value is -3.43. The largest absolute Gasteiger partial charge is 0.382 e. The van der Waals surface area contributed by atoms with Crippen LogP contribution in [0.2, 0.25) is 5.02 Å². The zero-order chi connectivity index (χ0) is 23.5. The minimum Gasteiger partial charge on any atom is -0.382 e. The van der Waals surface area contributed by atoms with Crippen LogP contribution in [-0.2, 0) is 20.9 Å². The Labute approximate surface area is 195 Å². The van der Waals surface area contributed by atoms with E-state index in [1.807, 2.05) is 12.1 Å². The molecule has 2 aromatic rings. The van der Waals surface area contributed by atoms with Gasteiger partial charge in [-0.1, -0.05) is 29.8 Å². The minimum absolute atomic E-state index is 0.192. The number of carbonyl (C=O) groups is 4. The quantitative estimate of drug-likeness (QED) is 0.561. The van der Waals surface area contributed by atoms with Gasteiger partial charge in [0.1, 0.15) is 6.04 Å². The van der Waals surface area contributed by atoms with Crippen LogP contribution in [0.4, 0.5) is 10.5 Å². The Morgan fingerprint density at radius 1 is 1.24 bits per heavy atom. The lowest BCUT2D eigenvalue weighted by Gasteiger charge is -2.29. The number of piperidine rings is 1. The standard InChI is InChI=1S/C23H23ClN4O5/c1-33-12-18(16-4-2-3-5-17(16)24)26-23(32)25-14-6-7-15-13(10-14)11-28(22(15)31)19-8-9-20(29)27-21(19)30/h2-7,10,18-19H,8-9,11-12H2,1H3,(H2,25,26,32)(H,27,29,30). The number of urea groups is 1. The SMILES string of the molecule is COCC(NC(=O)Nc1ccc2c(c1)CN(C1CCC(=O)NC1=O)C2=O)c1ccccc1Cl. The molecule has 172 valence electrons. The molecule has 2 aromatic carbocycles. The minimum atomic E-state index is -0.687. The van der Waals surface area contributed by atoms with Gasteiger partial charge in [0.25, 0.3) is 5.91 Å². The van der Waals surface area contributed by atoms with Crippen molar-refractivity contribution < 1.29 is 23.9 Å². The number of amides is 5. The number of hydrogen-bond acceptors (Lipinski definition) is 5. The number of fused-ring (bicyclic) bond motifs is 1. The molecule has 2 aliphatic rings. The van der Waals surface area contributed by atoms with Gasteiger partial charge in [0.2, 0.25) is 11.8 Å². The third-order valence-corrected chi connectivity index (χ3v) is 6.04. The van der Waals surface area contributed by atoms with E-state index < -0.39 is 24.0 Å². The summed E-state index contributed by atoms with van der Waals surface area (Å²) in [4.78, 5) is 50.5. The van der Waals surface area contributed by atoms with Crippen LogP contribution in [-0.4, -0.2) is 48.4 Å². The van der Waals surface area contributed by atoms with E-state index in [1.165, 1.54) is 12.0 Å². The molecule has 33 heavy (non-hydrogen) atoms. The third-order valence-electron chi connectivity index (χ3n) is 5.70. The fraction of sp³-hybridized carbons (Fsp3) is 0.304. The van der Waals surface area contributed by atoms with Gasteiger partial charge in [-0.15, -0.1) is 0 Å². The van der Waals surface area contributed by atoms with E-state index >= 15 is 0 Å². The fourth-order valence-electron chi connectivity index (χ4n) is 4.11. The molecule has 3 N–H and O–H groups in total. The lowest BCUT2D eigenvalue weighted by Crippen LogP contribution is -2.52. The number of nitrogens with zero attached hydrogens (tertiary/aromatic N) is 1. The molecule has 2 heterocycles. The summed E-state index contributed by atoms with van der Waals surface area (Å²) in [5.74, 6) is -1.07. The number of nitrogens with one attached hydrogen (secondary N) is 3. The van der Waals surface area contributed by atoms with Crippen LogP contribution >= 0.6 is 11.6 Å². The van der Waals surface area contributed by atoms with Crippen molar-refractivity contribution in [3.05, 3.63) is 64.2 Å². The predicted octanol–water partition coefficient (Wildman–Crippen LogP) is 2.61. The van der Waals surface area contributed by atoms with Crippen molar-refractivity contribution in [1.29, 1.82) is 0 Å². The number of hydrogen-bond donors (Lipinski definition) is 3. The highest BCUT2D eigenvalue weighted by molar-refractivity contribution is 6.31. The first-order valence-electron chi connectivity index (χ1n) is 10.5. The second kappa shape index (κ2) is 9.60. The average Bonchev–Trinajstić information content (AvgIpc) is 3.09. The number of carbonyl (C=O) groups excluding carboxylic acids is 4. The maximum absolute atomic E-state index is 12.8. The molecule has 2 atom stereocenters. The van der Waals surface area contributed by atoms with E-state index in [4.69, 9.17) is 16.3 Å². The molecule has 0 bridgehead atoms. The smallest absolute Gasteiger partial charge is 0.319 e. The van der Waals surface area contributed by atoms with Gasteiger partial charge < -0.3 is 20.3 Å². The highest BCUT2D eigenvalue weighted by Gasteiger charge is 2.39. The Morgan fingerprint density at radius 3 is 2.76 bits per heavy atom. The molecule has 2 aliphatic heterocycles. The van der Waals surface area contributed by atoms with Crippen molar-refractivity contribution in [2.24, 2.45) is 0 Å². The number of halogens is 1. The number of ether oxygens (including phenoxy) is 1. The van der Waals surface area contributed by atoms with Gasteiger partial charge in [0.15, 0.2) is 0 Å². The monoisotopic (exact) mass is 470 g/mol. The average molecular weight is 471 g/mol. The molecule has 0 aliphatic carbocycles. The molecule has 5 amide bonds. The van der Waals surface area contributed by atoms with Crippen LogP contribution in [0, 0.1) is 0 Å². The van der Waals surface area contributed by atoms with Gasteiger partial charge in [-0.2, -0.15) is 0 Å². The van der Waals surface area contributed by atoms with Crippen molar-refractivity contribution in [3.8, 4) is 0 Å². The summed E-state index contributed by atoms with van der Waals surface area (Å²) in [6, 6.07) is 10.6. The molecular weight excluding hydrogens is 448 g/mol. The highest BCUT2D eigenvalue weighted by atomic mass is 35.5. The number of anilines is 1. The molecule has 0 radical (unpaired) electrons. The molecule has 2 unspecified atom stereocenters. The Kier molecular flexibility index (Phi) is 6.62. The molecular formula is C23H23ClN4O5. The van der Waals surface area contributed by atoms with Gasteiger partial charge in [0, 0.05) is 36.3 Å². The maximum atomic E-state index is 12.8. The van der Waals surface area contributed by atoms with Crippen LogP contribution < -0.4 is 16.0 Å². The van der Waals surface area contributed by atoms with Gasteiger partial charge in [-0.05, 0) is 41.8 Å². The van der Waals surface area contributed by atoms with Crippen molar-refractivity contribution in [1.82, 2.24) is 15.5 Å². The van der Waals surface area contributed by atoms with Crippen LogP contribution in [0.25, 0.3) is 0 Å². The molecule has 4 rings (SSSR count). The summed E-state index contributed by atoms with van der Waals surface area (Å²) in [7, 11) is 1.54. The fourth-order valence-corrected chi connectivity index (χ4v) is 4.38. The summed E-state index contributed by atoms with van der Waals surface area (Å²) >= 11 is 6.26. The van der Waals surface area contributed by atoms with Crippen molar-refractivity contribution in [2.75, 3.05) is 19.0 Å². The van der Waals surface area contributed by atoms with E-state index in [-0.39, 0.29) is 31.4 Å². The zero-order valence-electron chi connectivity index (χ0n) is 17.9. The van der Waals surface area contributed by atoms with E-state index in [9.17, 15) is 19.2 Å². The van der Waals surface area contributed by atoms with E-state index in [0.29, 0.717) is 28.3 Å². The van der Waals surface area contributed by atoms with Crippen LogP contribution in [0.15, 0.2) is 42.5 Å². The Balaban J connectivity index is 1.44. The van der Waals surface area contributed by atoms with E-state index in [2.05, 4.69) is 16.0 Å². The number of methoxy groups -OCH3 is 1. The topological polar surface area (TPSA) is 117 Å². The van der Waals surface area contributed by atoms with Crippen LogP contribution in [0.3, 0.4) is 0 Å². The number of imide groups is 1. The molecule has 1 saturated heterocycles. The van der Waals surface area contributed by atoms with Crippen molar-refractivity contribution in [3.63, 3.8) is 0 Å². The molecule has 0 aromatic heterocycles. The second-order valence-corrected chi connectivity index (χ2v) is 8.31. The Morgan fingerprint density at radius 2 is 2.03 bits per heavy atom. The highest BCUT2D eigenvalue weighted by Crippen LogP contribution is 2.29. The second-order valence-electron chi connectivity index (χ2n) is 7.90. The summed E-state index contributed by atoms with van der Waals surface area (Å²) in [5, 5.41) is 8.42. The first-order valence-corrected chi connectivity index (χ1v) is 10.8. The lowest BCUT2D eigenvalue weighted by molar-refractivity contribution is -0.136. The number of benzene rings is 2. The lowest BCUT2D eigenvalue weighted by atomic mass is 10.0.